The maximum absolute atomic E-state index is 4.38. The summed E-state index contributed by atoms with van der Waals surface area (Å²) in [6.45, 7) is 3.36. The number of nitrogens with zero attached hydrogens (tertiary/aromatic N) is 6. The third-order valence-electron chi connectivity index (χ3n) is 3.32. The molecule has 0 atom stereocenters. The van der Waals surface area contributed by atoms with E-state index in [2.05, 4.69) is 36.3 Å². The van der Waals surface area contributed by atoms with E-state index >= 15 is 0 Å². The van der Waals surface area contributed by atoms with Gasteiger partial charge in [0.15, 0.2) is 6.33 Å². The van der Waals surface area contributed by atoms with Crippen molar-refractivity contribution in [3.05, 3.63) is 30.2 Å². The molecule has 0 bridgehead atoms. The van der Waals surface area contributed by atoms with Gasteiger partial charge in [-0.2, -0.15) is 0 Å². The molecule has 1 aliphatic heterocycles. The van der Waals surface area contributed by atoms with Gasteiger partial charge in [-0.1, -0.05) is 12.5 Å². The van der Waals surface area contributed by atoms with E-state index in [9.17, 15) is 0 Å². The molecular formula is C13H16N6. The van der Waals surface area contributed by atoms with Crippen LogP contribution in [0.2, 0.25) is 0 Å². The minimum atomic E-state index is 0.465. The smallest absolute Gasteiger partial charge is 0.221 e. The Hall–Kier alpha value is -1.95. The topological polar surface area (TPSA) is 67.7 Å². The second-order valence-electron chi connectivity index (χ2n) is 4.76. The molecule has 6 heteroatoms. The number of piperidine rings is 1. The molecule has 1 saturated heterocycles. The molecule has 0 N–H and O–H groups in total. The molecule has 98 valence electrons. The van der Waals surface area contributed by atoms with Crippen LogP contribution in [-0.4, -0.2) is 43.4 Å². The van der Waals surface area contributed by atoms with Gasteiger partial charge in [-0.15, -0.1) is 20.4 Å². The molecule has 3 rings (SSSR count). The Balaban J connectivity index is 1.68. The Morgan fingerprint density at radius 1 is 1.00 bits per heavy atom. The van der Waals surface area contributed by atoms with Gasteiger partial charge in [0, 0.05) is 12.7 Å². The first-order chi connectivity index (χ1) is 9.42. The third kappa shape index (κ3) is 3.08. The van der Waals surface area contributed by atoms with Gasteiger partial charge in [-0.3, -0.25) is 9.88 Å². The van der Waals surface area contributed by atoms with Gasteiger partial charge < -0.3 is 0 Å². The molecule has 19 heavy (non-hydrogen) atoms. The molecule has 2 aromatic rings. The number of rotatable bonds is 3. The Morgan fingerprint density at radius 3 is 2.47 bits per heavy atom. The normalized spacial score (nSPS) is 16.4. The average Bonchev–Trinajstić information content (AvgIpc) is 2.50. The Labute approximate surface area is 111 Å². The predicted octanol–water partition coefficient (Wildman–Crippen LogP) is 1.31. The quantitative estimate of drug-likeness (QED) is 0.825. The van der Waals surface area contributed by atoms with Crippen LogP contribution in [0.5, 0.6) is 0 Å². The molecule has 0 saturated carbocycles. The number of pyridine rings is 1. The van der Waals surface area contributed by atoms with Crippen LogP contribution in [0, 0.1) is 0 Å². The molecule has 0 unspecified atom stereocenters. The fourth-order valence-electron chi connectivity index (χ4n) is 2.33. The van der Waals surface area contributed by atoms with Crippen LogP contribution in [0.25, 0.3) is 11.5 Å². The number of aromatic nitrogens is 5. The van der Waals surface area contributed by atoms with Gasteiger partial charge in [-0.05, 0) is 37.6 Å². The lowest BCUT2D eigenvalue weighted by atomic mass is 10.1. The molecule has 0 amide bonds. The van der Waals surface area contributed by atoms with E-state index < -0.39 is 0 Å². The zero-order valence-electron chi connectivity index (χ0n) is 10.7. The largest absolute Gasteiger partial charge is 0.299 e. The van der Waals surface area contributed by atoms with E-state index in [4.69, 9.17) is 0 Å². The highest BCUT2D eigenvalue weighted by Crippen LogP contribution is 2.14. The van der Waals surface area contributed by atoms with E-state index in [1.54, 1.807) is 0 Å². The van der Waals surface area contributed by atoms with Crippen molar-refractivity contribution in [3.8, 4) is 11.5 Å². The summed E-state index contributed by atoms with van der Waals surface area (Å²) in [6.07, 6.45) is 7.18. The van der Waals surface area contributed by atoms with Crippen LogP contribution in [0.1, 0.15) is 24.8 Å². The fourth-order valence-corrected chi connectivity index (χ4v) is 2.33. The molecule has 1 aliphatic rings. The number of hydrogen-bond donors (Lipinski definition) is 0. The first kappa shape index (κ1) is 12.1. The summed E-state index contributed by atoms with van der Waals surface area (Å²) in [7, 11) is 0. The zero-order chi connectivity index (χ0) is 12.9. The van der Waals surface area contributed by atoms with Crippen molar-refractivity contribution in [2.75, 3.05) is 13.1 Å². The van der Waals surface area contributed by atoms with Crippen molar-refractivity contribution in [1.29, 1.82) is 0 Å². The first-order valence-electron chi connectivity index (χ1n) is 6.60. The van der Waals surface area contributed by atoms with Gasteiger partial charge in [-0.25, -0.2) is 0 Å². The van der Waals surface area contributed by atoms with E-state index in [1.807, 2.05) is 12.3 Å². The number of likely N-dealkylation sites (tertiary alicyclic amines) is 1. The SMILES string of the molecule is c1nnc(-c2ccc(CN3CCCCC3)cn2)nn1. The first-order valence-corrected chi connectivity index (χ1v) is 6.60. The van der Waals surface area contributed by atoms with E-state index in [0.717, 1.165) is 6.54 Å². The molecule has 0 aromatic carbocycles. The minimum absolute atomic E-state index is 0.465. The monoisotopic (exact) mass is 256 g/mol. The van der Waals surface area contributed by atoms with Gasteiger partial charge in [0.25, 0.3) is 0 Å². The van der Waals surface area contributed by atoms with Crippen LogP contribution in [0.4, 0.5) is 0 Å². The van der Waals surface area contributed by atoms with Crippen molar-refractivity contribution < 1.29 is 0 Å². The molecule has 6 nitrogen and oxygen atoms in total. The summed E-state index contributed by atoms with van der Waals surface area (Å²) < 4.78 is 0. The van der Waals surface area contributed by atoms with Crippen LogP contribution in [0.3, 0.4) is 0 Å². The van der Waals surface area contributed by atoms with Gasteiger partial charge >= 0.3 is 0 Å². The molecule has 0 radical (unpaired) electrons. The third-order valence-corrected chi connectivity index (χ3v) is 3.32. The average molecular weight is 256 g/mol. The lowest BCUT2D eigenvalue weighted by Crippen LogP contribution is -2.29. The molecule has 1 fully saturated rings. The molecule has 2 aromatic heterocycles. The summed E-state index contributed by atoms with van der Waals surface area (Å²) in [5.41, 5.74) is 1.94. The summed E-state index contributed by atoms with van der Waals surface area (Å²) in [4.78, 5) is 6.86. The highest BCUT2D eigenvalue weighted by atomic mass is 15.3. The summed E-state index contributed by atoms with van der Waals surface area (Å²) >= 11 is 0. The van der Waals surface area contributed by atoms with E-state index in [-0.39, 0.29) is 0 Å². The lowest BCUT2D eigenvalue weighted by molar-refractivity contribution is 0.220. The van der Waals surface area contributed by atoms with Crippen molar-refractivity contribution >= 4 is 0 Å². The molecule has 3 heterocycles. The zero-order valence-corrected chi connectivity index (χ0v) is 10.7. The second-order valence-corrected chi connectivity index (χ2v) is 4.76. The number of hydrogen-bond acceptors (Lipinski definition) is 6. The molecular weight excluding hydrogens is 240 g/mol. The van der Waals surface area contributed by atoms with E-state index in [1.165, 1.54) is 44.2 Å². The standard InChI is InChI=1S/C13H16N6/c1-2-6-19(7-3-1)9-11-4-5-12(14-8-11)13-17-15-10-16-18-13/h4-5,8,10H,1-3,6-7,9H2. The van der Waals surface area contributed by atoms with Gasteiger partial charge in [0.05, 0.1) is 0 Å². The Morgan fingerprint density at radius 2 is 1.79 bits per heavy atom. The van der Waals surface area contributed by atoms with Crippen LogP contribution < -0.4 is 0 Å². The Kier molecular flexibility index (Phi) is 3.69. The lowest BCUT2D eigenvalue weighted by Gasteiger charge is -2.26. The fraction of sp³-hybridized carbons (Fsp3) is 0.462. The molecule has 0 aliphatic carbocycles. The van der Waals surface area contributed by atoms with Crippen molar-refractivity contribution in [1.82, 2.24) is 30.3 Å². The van der Waals surface area contributed by atoms with E-state index in [0.29, 0.717) is 11.5 Å². The molecule has 0 spiro atoms. The van der Waals surface area contributed by atoms with Gasteiger partial charge in [0.1, 0.15) is 5.69 Å². The second kappa shape index (κ2) is 5.79. The predicted molar refractivity (Wildman–Crippen MR) is 70.0 cm³/mol. The van der Waals surface area contributed by atoms with Crippen molar-refractivity contribution in [2.45, 2.75) is 25.8 Å². The summed E-state index contributed by atoms with van der Waals surface area (Å²) in [6, 6.07) is 4.01. The summed E-state index contributed by atoms with van der Waals surface area (Å²) in [5.74, 6) is 0.465. The van der Waals surface area contributed by atoms with Crippen LogP contribution >= 0.6 is 0 Å². The Bertz CT molecular complexity index is 506. The highest BCUT2D eigenvalue weighted by Gasteiger charge is 2.11. The minimum Gasteiger partial charge on any atom is -0.299 e. The van der Waals surface area contributed by atoms with Gasteiger partial charge in [0.2, 0.25) is 5.82 Å². The maximum Gasteiger partial charge on any atom is 0.221 e. The summed E-state index contributed by atoms with van der Waals surface area (Å²) in [5, 5.41) is 15.2. The van der Waals surface area contributed by atoms with Crippen LogP contribution in [-0.2, 0) is 6.54 Å². The maximum atomic E-state index is 4.38. The van der Waals surface area contributed by atoms with Crippen molar-refractivity contribution in [2.24, 2.45) is 0 Å². The van der Waals surface area contributed by atoms with Crippen LogP contribution in [0.15, 0.2) is 24.7 Å². The highest BCUT2D eigenvalue weighted by molar-refractivity contribution is 5.47. The van der Waals surface area contributed by atoms with Crippen molar-refractivity contribution in [3.63, 3.8) is 0 Å².